The summed E-state index contributed by atoms with van der Waals surface area (Å²) in [5.41, 5.74) is 1.13. The number of nitrogens with zero attached hydrogens (tertiary/aromatic N) is 1. The molecule has 7 nitrogen and oxygen atoms in total. The molecule has 0 spiro atoms. The second kappa shape index (κ2) is 8.83. The number of anilines is 1. The van der Waals surface area contributed by atoms with E-state index in [4.69, 9.17) is 0 Å². The standard InChI is InChI=1S/C18H20BrN3O4S2/c1-13(23)14-3-2-4-15(11-14)20-17(24)12-21-7-9-22(10-8-21)28(25,26)18-6-5-16(19)27-18/h2-6,11H,7-10,12H2,1H3,(H,20,24)/p+1. The molecular formula is C18H21BrN3O4S2+. The minimum Gasteiger partial charge on any atom is -0.325 e. The van der Waals surface area contributed by atoms with Gasteiger partial charge in [0.05, 0.1) is 30.0 Å². The Morgan fingerprint density at radius 3 is 2.54 bits per heavy atom. The zero-order chi connectivity index (χ0) is 20.3. The summed E-state index contributed by atoms with van der Waals surface area (Å²) in [7, 11) is -3.48. The summed E-state index contributed by atoms with van der Waals surface area (Å²) in [6, 6.07) is 10.2. The number of ketones is 1. The van der Waals surface area contributed by atoms with Crippen molar-refractivity contribution in [2.75, 3.05) is 38.0 Å². The molecule has 10 heteroatoms. The monoisotopic (exact) mass is 486 g/mol. The van der Waals surface area contributed by atoms with Gasteiger partial charge in [-0.1, -0.05) is 12.1 Å². The second-order valence-corrected chi connectivity index (χ2v) is 11.2. The molecule has 0 unspecified atom stereocenters. The Labute approximate surface area is 176 Å². The molecule has 2 aromatic rings. The lowest BCUT2D eigenvalue weighted by molar-refractivity contribution is -0.895. The van der Waals surface area contributed by atoms with Crippen molar-refractivity contribution in [3.63, 3.8) is 0 Å². The highest BCUT2D eigenvalue weighted by Gasteiger charge is 2.32. The number of sulfonamides is 1. The molecule has 28 heavy (non-hydrogen) atoms. The third kappa shape index (κ3) is 5.06. The smallest absolute Gasteiger partial charge is 0.279 e. The van der Waals surface area contributed by atoms with E-state index in [0.29, 0.717) is 41.6 Å². The van der Waals surface area contributed by atoms with Gasteiger partial charge < -0.3 is 10.2 Å². The van der Waals surface area contributed by atoms with E-state index in [9.17, 15) is 18.0 Å². The Bertz CT molecular complexity index is 982. The van der Waals surface area contributed by atoms with E-state index in [1.807, 2.05) is 0 Å². The van der Waals surface area contributed by atoms with E-state index in [-0.39, 0.29) is 18.2 Å². The van der Waals surface area contributed by atoms with Crippen molar-refractivity contribution in [2.45, 2.75) is 11.1 Å². The molecule has 0 saturated carbocycles. The minimum atomic E-state index is -3.48. The maximum Gasteiger partial charge on any atom is 0.279 e. The number of quaternary nitrogens is 1. The van der Waals surface area contributed by atoms with E-state index in [2.05, 4.69) is 21.2 Å². The van der Waals surface area contributed by atoms with Crippen molar-refractivity contribution in [2.24, 2.45) is 0 Å². The highest BCUT2D eigenvalue weighted by molar-refractivity contribution is 9.11. The number of benzene rings is 1. The fraction of sp³-hybridized carbons (Fsp3) is 0.333. The Morgan fingerprint density at radius 2 is 1.93 bits per heavy atom. The van der Waals surface area contributed by atoms with E-state index >= 15 is 0 Å². The quantitative estimate of drug-likeness (QED) is 0.601. The molecule has 1 amide bonds. The molecule has 2 N–H and O–H groups in total. The number of thiophene rings is 1. The summed E-state index contributed by atoms with van der Waals surface area (Å²) >= 11 is 4.49. The van der Waals surface area contributed by atoms with Gasteiger partial charge in [-0.2, -0.15) is 4.31 Å². The van der Waals surface area contributed by atoms with Crippen LogP contribution in [0.3, 0.4) is 0 Å². The molecule has 1 aliphatic heterocycles. The number of hydrogen-bond donors (Lipinski definition) is 2. The molecule has 150 valence electrons. The summed E-state index contributed by atoms with van der Waals surface area (Å²) in [4.78, 5) is 24.8. The van der Waals surface area contributed by atoms with Crippen LogP contribution in [0.1, 0.15) is 17.3 Å². The molecule has 0 atom stereocenters. The number of amides is 1. The molecule has 0 aliphatic carbocycles. The number of halogens is 1. The minimum absolute atomic E-state index is 0.0585. The summed E-state index contributed by atoms with van der Waals surface area (Å²) in [5, 5.41) is 2.81. The Hall–Kier alpha value is -1.59. The van der Waals surface area contributed by atoms with Gasteiger partial charge in [-0.25, -0.2) is 8.42 Å². The molecule has 1 aromatic carbocycles. The van der Waals surface area contributed by atoms with Crippen LogP contribution in [-0.4, -0.2) is 57.1 Å². The van der Waals surface area contributed by atoms with Gasteiger partial charge in [0.2, 0.25) is 0 Å². The summed E-state index contributed by atoms with van der Waals surface area (Å²) < 4.78 is 27.9. The third-order valence-corrected chi connectivity index (χ3v) is 8.53. The summed E-state index contributed by atoms with van der Waals surface area (Å²) in [6.07, 6.45) is 0. The molecule has 3 rings (SSSR count). The van der Waals surface area contributed by atoms with Crippen molar-refractivity contribution < 1.29 is 22.9 Å². The first kappa shape index (κ1) is 21.1. The van der Waals surface area contributed by atoms with Gasteiger partial charge in [-0.05, 0) is 47.1 Å². The van der Waals surface area contributed by atoms with Crippen LogP contribution in [0.4, 0.5) is 5.69 Å². The van der Waals surface area contributed by atoms with Gasteiger partial charge >= 0.3 is 0 Å². The molecule has 1 aliphatic rings. The van der Waals surface area contributed by atoms with Crippen LogP contribution < -0.4 is 10.2 Å². The van der Waals surface area contributed by atoms with E-state index in [1.54, 1.807) is 36.4 Å². The molecule has 1 saturated heterocycles. The maximum absolute atomic E-state index is 12.7. The van der Waals surface area contributed by atoms with Gasteiger partial charge in [0.1, 0.15) is 4.21 Å². The molecule has 0 radical (unpaired) electrons. The van der Waals surface area contributed by atoms with E-state index in [0.717, 1.165) is 8.69 Å². The summed E-state index contributed by atoms with van der Waals surface area (Å²) in [6.45, 7) is 3.61. The van der Waals surface area contributed by atoms with Crippen LogP contribution in [0.2, 0.25) is 0 Å². The fourth-order valence-electron chi connectivity index (χ4n) is 3.03. The Kier molecular flexibility index (Phi) is 6.66. The lowest BCUT2D eigenvalue weighted by atomic mass is 10.1. The average Bonchev–Trinajstić information content (AvgIpc) is 3.09. The number of hydrogen-bond acceptors (Lipinski definition) is 5. The van der Waals surface area contributed by atoms with Crippen LogP contribution in [0.5, 0.6) is 0 Å². The van der Waals surface area contributed by atoms with Crippen LogP contribution >= 0.6 is 27.3 Å². The predicted molar refractivity (Wildman–Crippen MR) is 111 cm³/mol. The number of nitrogens with one attached hydrogen (secondary N) is 2. The van der Waals surface area contributed by atoms with Crippen molar-refractivity contribution in [3.8, 4) is 0 Å². The lowest BCUT2D eigenvalue weighted by Gasteiger charge is -2.30. The highest BCUT2D eigenvalue weighted by Crippen LogP contribution is 2.28. The third-order valence-electron chi connectivity index (χ3n) is 4.54. The first-order valence-electron chi connectivity index (χ1n) is 8.75. The Morgan fingerprint density at radius 1 is 1.21 bits per heavy atom. The summed E-state index contributed by atoms with van der Waals surface area (Å²) in [5.74, 6) is -0.217. The van der Waals surface area contributed by atoms with Crippen LogP contribution in [0.15, 0.2) is 44.4 Å². The normalized spacial score (nSPS) is 16.1. The number of Topliss-reactive ketones (excluding diaryl/α,β-unsaturated/α-hetero) is 1. The number of carbonyl (C=O) groups excluding carboxylic acids is 2. The molecule has 0 bridgehead atoms. The number of carbonyl (C=O) groups is 2. The van der Waals surface area contributed by atoms with Gasteiger partial charge in [0.25, 0.3) is 15.9 Å². The highest BCUT2D eigenvalue weighted by atomic mass is 79.9. The van der Waals surface area contributed by atoms with Crippen molar-refractivity contribution >= 4 is 54.7 Å². The predicted octanol–water partition coefficient (Wildman–Crippen LogP) is 1.24. The number of piperazine rings is 1. The van der Waals surface area contributed by atoms with Crippen LogP contribution in [-0.2, 0) is 14.8 Å². The maximum atomic E-state index is 12.7. The van der Waals surface area contributed by atoms with Gasteiger partial charge in [0, 0.05) is 11.3 Å². The molecule has 1 aromatic heterocycles. The first-order valence-corrected chi connectivity index (χ1v) is 11.8. The topological polar surface area (TPSA) is 88.0 Å². The lowest BCUT2D eigenvalue weighted by Crippen LogP contribution is -3.15. The SMILES string of the molecule is CC(=O)c1cccc(NC(=O)C[NH+]2CCN(S(=O)(=O)c3ccc(Br)s3)CC2)c1. The van der Waals surface area contributed by atoms with Gasteiger partial charge in [-0.3, -0.25) is 9.59 Å². The molecule has 2 heterocycles. The second-order valence-electron chi connectivity index (χ2n) is 6.57. The zero-order valence-corrected chi connectivity index (χ0v) is 18.5. The van der Waals surface area contributed by atoms with Crippen molar-refractivity contribution in [1.82, 2.24) is 4.31 Å². The van der Waals surface area contributed by atoms with E-state index in [1.165, 1.54) is 22.6 Å². The average molecular weight is 487 g/mol. The van der Waals surface area contributed by atoms with Crippen molar-refractivity contribution in [1.29, 1.82) is 0 Å². The van der Waals surface area contributed by atoms with Gasteiger partial charge in [0.15, 0.2) is 12.3 Å². The first-order chi connectivity index (χ1) is 13.3. The number of rotatable bonds is 6. The molecular weight excluding hydrogens is 466 g/mol. The molecule has 1 fully saturated rings. The van der Waals surface area contributed by atoms with Crippen LogP contribution in [0.25, 0.3) is 0 Å². The largest absolute Gasteiger partial charge is 0.325 e. The van der Waals surface area contributed by atoms with Gasteiger partial charge in [-0.15, -0.1) is 11.3 Å². The van der Waals surface area contributed by atoms with Crippen LogP contribution in [0, 0.1) is 0 Å². The fourth-order valence-corrected chi connectivity index (χ4v) is 6.64. The Balaban J connectivity index is 1.53. The van der Waals surface area contributed by atoms with Crippen molar-refractivity contribution in [3.05, 3.63) is 45.7 Å². The zero-order valence-electron chi connectivity index (χ0n) is 15.3. The van der Waals surface area contributed by atoms with E-state index < -0.39 is 10.0 Å².